The maximum atomic E-state index is 6.27. The van der Waals surface area contributed by atoms with Crippen molar-refractivity contribution in [1.82, 2.24) is 0 Å². The standard InChI is InChI=1S/C12H10Br2ClNS/c1-6-10(5-11(14)17-6)12(16)7-2-8(13)4-9(15)3-7/h2-5,12H,16H2,1H3. The van der Waals surface area contributed by atoms with Crippen LogP contribution >= 0.6 is 54.8 Å². The second-order valence-corrected chi connectivity index (χ2v) is 7.73. The summed E-state index contributed by atoms with van der Waals surface area (Å²) in [6.07, 6.45) is 0. The minimum absolute atomic E-state index is 0.146. The van der Waals surface area contributed by atoms with Gasteiger partial charge in [0.25, 0.3) is 0 Å². The van der Waals surface area contributed by atoms with Gasteiger partial charge in [0.05, 0.1) is 9.83 Å². The number of hydrogen-bond donors (Lipinski definition) is 1. The quantitative estimate of drug-likeness (QED) is 0.735. The lowest BCUT2D eigenvalue weighted by atomic mass is 10.0. The van der Waals surface area contributed by atoms with E-state index in [1.807, 2.05) is 18.2 Å². The van der Waals surface area contributed by atoms with Gasteiger partial charge in [-0.2, -0.15) is 0 Å². The molecule has 1 aromatic heterocycles. The Bertz CT molecular complexity index is 533. The smallest absolute Gasteiger partial charge is 0.0704 e. The molecule has 1 aromatic carbocycles. The number of rotatable bonds is 2. The van der Waals surface area contributed by atoms with Crippen LogP contribution in [0.2, 0.25) is 5.02 Å². The van der Waals surface area contributed by atoms with Gasteiger partial charge in [-0.15, -0.1) is 11.3 Å². The Morgan fingerprint density at radius 2 is 1.94 bits per heavy atom. The average Bonchev–Trinajstić information content (AvgIpc) is 2.55. The fourth-order valence-electron chi connectivity index (χ4n) is 1.70. The van der Waals surface area contributed by atoms with E-state index >= 15 is 0 Å². The van der Waals surface area contributed by atoms with Crippen LogP contribution in [0.15, 0.2) is 32.5 Å². The number of nitrogens with two attached hydrogens (primary N) is 1. The third kappa shape index (κ3) is 3.12. The molecule has 0 aliphatic rings. The second-order valence-electron chi connectivity index (χ2n) is 3.74. The molecular formula is C12H10Br2ClNS. The minimum atomic E-state index is -0.146. The Morgan fingerprint density at radius 3 is 2.47 bits per heavy atom. The Hall–Kier alpha value is 0.130. The van der Waals surface area contributed by atoms with Crippen LogP contribution in [0.5, 0.6) is 0 Å². The minimum Gasteiger partial charge on any atom is -0.320 e. The van der Waals surface area contributed by atoms with Crippen molar-refractivity contribution in [2.75, 3.05) is 0 Å². The Labute approximate surface area is 126 Å². The largest absolute Gasteiger partial charge is 0.320 e. The molecule has 0 aliphatic heterocycles. The summed E-state index contributed by atoms with van der Waals surface area (Å²) in [5.74, 6) is 0. The molecule has 0 bridgehead atoms. The van der Waals surface area contributed by atoms with Crippen molar-refractivity contribution in [1.29, 1.82) is 0 Å². The molecule has 0 aliphatic carbocycles. The molecule has 2 N–H and O–H groups in total. The molecule has 1 heterocycles. The van der Waals surface area contributed by atoms with Crippen LogP contribution < -0.4 is 5.73 Å². The second kappa shape index (κ2) is 5.41. The highest BCUT2D eigenvalue weighted by atomic mass is 79.9. The van der Waals surface area contributed by atoms with Gasteiger partial charge in [0.1, 0.15) is 0 Å². The van der Waals surface area contributed by atoms with Gasteiger partial charge in [0.15, 0.2) is 0 Å². The molecule has 1 nitrogen and oxygen atoms in total. The molecule has 0 saturated carbocycles. The summed E-state index contributed by atoms with van der Waals surface area (Å²) in [6.45, 7) is 2.07. The van der Waals surface area contributed by atoms with Crippen LogP contribution in [0.4, 0.5) is 0 Å². The molecule has 1 unspecified atom stereocenters. The van der Waals surface area contributed by atoms with E-state index in [0.717, 1.165) is 19.4 Å². The lowest BCUT2D eigenvalue weighted by Crippen LogP contribution is -2.11. The molecule has 0 saturated heterocycles. The van der Waals surface area contributed by atoms with Gasteiger partial charge in [0, 0.05) is 14.4 Å². The highest BCUT2D eigenvalue weighted by Gasteiger charge is 2.15. The van der Waals surface area contributed by atoms with E-state index in [1.165, 1.54) is 4.88 Å². The summed E-state index contributed by atoms with van der Waals surface area (Å²) >= 11 is 14.6. The van der Waals surface area contributed by atoms with Crippen LogP contribution in [0.3, 0.4) is 0 Å². The van der Waals surface area contributed by atoms with E-state index in [2.05, 4.69) is 44.8 Å². The highest BCUT2D eigenvalue weighted by molar-refractivity contribution is 9.11. The van der Waals surface area contributed by atoms with Gasteiger partial charge >= 0.3 is 0 Å². The van der Waals surface area contributed by atoms with E-state index < -0.39 is 0 Å². The van der Waals surface area contributed by atoms with Crippen LogP contribution in [0.1, 0.15) is 22.0 Å². The van der Waals surface area contributed by atoms with Crippen molar-refractivity contribution in [3.05, 3.63) is 53.6 Å². The summed E-state index contributed by atoms with van der Waals surface area (Å²) in [5, 5.41) is 0.691. The first kappa shape index (κ1) is 13.6. The summed E-state index contributed by atoms with van der Waals surface area (Å²) in [6, 6.07) is 7.68. The fraction of sp³-hybridized carbons (Fsp3) is 0.167. The van der Waals surface area contributed by atoms with Crippen LogP contribution in [-0.2, 0) is 0 Å². The number of halogens is 3. The molecule has 5 heteroatoms. The van der Waals surface area contributed by atoms with E-state index in [9.17, 15) is 0 Å². The summed E-state index contributed by atoms with van der Waals surface area (Å²) in [7, 11) is 0. The molecule has 2 aromatic rings. The topological polar surface area (TPSA) is 26.0 Å². The first-order valence-electron chi connectivity index (χ1n) is 4.95. The molecule has 2 rings (SSSR count). The van der Waals surface area contributed by atoms with E-state index in [-0.39, 0.29) is 6.04 Å². The van der Waals surface area contributed by atoms with Crippen LogP contribution in [0, 0.1) is 6.92 Å². The highest BCUT2D eigenvalue weighted by Crippen LogP contribution is 2.34. The molecule has 0 amide bonds. The van der Waals surface area contributed by atoms with E-state index in [1.54, 1.807) is 11.3 Å². The Balaban J connectivity index is 2.43. The van der Waals surface area contributed by atoms with Gasteiger partial charge in [-0.05, 0) is 58.2 Å². The molecular weight excluding hydrogens is 385 g/mol. The maximum Gasteiger partial charge on any atom is 0.0704 e. The Kier molecular flexibility index (Phi) is 4.31. The van der Waals surface area contributed by atoms with Crippen molar-refractivity contribution in [3.8, 4) is 0 Å². The first-order valence-corrected chi connectivity index (χ1v) is 7.73. The summed E-state index contributed by atoms with van der Waals surface area (Å²) in [5.41, 5.74) is 8.42. The van der Waals surface area contributed by atoms with Gasteiger partial charge in [0.2, 0.25) is 0 Å². The third-order valence-corrected chi connectivity index (χ3v) is 4.75. The SMILES string of the molecule is Cc1sc(Br)cc1C(N)c1cc(Cl)cc(Br)c1. The zero-order chi connectivity index (χ0) is 12.6. The number of benzene rings is 1. The zero-order valence-corrected chi connectivity index (χ0v) is 13.8. The van der Waals surface area contributed by atoms with Crippen molar-refractivity contribution >= 4 is 54.8 Å². The van der Waals surface area contributed by atoms with Crippen molar-refractivity contribution < 1.29 is 0 Å². The van der Waals surface area contributed by atoms with E-state index in [0.29, 0.717) is 5.02 Å². The number of hydrogen-bond acceptors (Lipinski definition) is 2. The van der Waals surface area contributed by atoms with Crippen molar-refractivity contribution in [3.63, 3.8) is 0 Å². The maximum absolute atomic E-state index is 6.27. The summed E-state index contributed by atoms with van der Waals surface area (Å²) < 4.78 is 2.05. The lowest BCUT2D eigenvalue weighted by Gasteiger charge is -2.13. The van der Waals surface area contributed by atoms with Gasteiger partial charge in [-0.25, -0.2) is 0 Å². The molecule has 0 spiro atoms. The molecule has 0 fully saturated rings. The monoisotopic (exact) mass is 393 g/mol. The molecule has 90 valence electrons. The third-order valence-electron chi connectivity index (χ3n) is 2.51. The number of aryl methyl sites for hydroxylation is 1. The van der Waals surface area contributed by atoms with Crippen LogP contribution in [0.25, 0.3) is 0 Å². The van der Waals surface area contributed by atoms with Crippen LogP contribution in [-0.4, -0.2) is 0 Å². The Morgan fingerprint density at radius 1 is 1.24 bits per heavy atom. The van der Waals surface area contributed by atoms with Crippen molar-refractivity contribution in [2.45, 2.75) is 13.0 Å². The predicted molar refractivity (Wildman–Crippen MR) is 81.9 cm³/mol. The molecule has 17 heavy (non-hydrogen) atoms. The van der Waals surface area contributed by atoms with Crippen molar-refractivity contribution in [2.24, 2.45) is 5.73 Å². The average molecular weight is 396 g/mol. The molecule has 0 radical (unpaired) electrons. The summed E-state index contributed by atoms with van der Waals surface area (Å²) in [4.78, 5) is 1.22. The predicted octanol–water partition coefficient (Wildman–Crippen LogP) is 5.28. The van der Waals surface area contributed by atoms with Gasteiger partial charge in [-0.1, -0.05) is 27.5 Å². The molecule has 1 atom stereocenters. The van der Waals surface area contributed by atoms with E-state index in [4.69, 9.17) is 17.3 Å². The normalized spacial score (nSPS) is 12.8. The zero-order valence-electron chi connectivity index (χ0n) is 9.01. The number of thiophene rings is 1. The first-order chi connectivity index (χ1) is 7.97. The lowest BCUT2D eigenvalue weighted by molar-refractivity contribution is 0.868. The van der Waals surface area contributed by atoms with Gasteiger partial charge in [-0.3, -0.25) is 0 Å². The van der Waals surface area contributed by atoms with Gasteiger partial charge < -0.3 is 5.73 Å². The fourth-order valence-corrected chi connectivity index (χ4v) is 4.35.